The first kappa shape index (κ1) is 7.38. The van der Waals surface area contributed by atoms with Crippen molar-refractivity contribution in [2.24, 2.45) is 0 Å². The third-order valence-corrected chi connectivity index (χ3v) is 2.73. The Hall–Kier alpha value is 0.270. The van der Waals surface area contributed by atoms with Crippen LogP contribution in [0.25, 0.3) is 0 Å². The van der Waals surface area contributed by atoms with Gasteiger partial charge in [0, 0.05) is 13.1 Å². The number of nitrogens with zero attached hydrogens (tertiary/aromatic N) is 1. The van der Waals surface area contributed by atoms with E-state index in [0.717, 1.165) is 13.1 Å². The lowest BCUT2D eigenvalue weighted by Crippen LogP contribution is -2.53. The molecule has 0 saturated carbocycles. The van der Waals surface area contributed by atoms with Crippen LogP contribution in [0.1, 0.15) is 6.92 Å². The molecule has 1 fully saturated rings. The van der Waals surface area contributed by atoms with Crippen molar-refractivity contribution in [1.82, 2.24) is 4.90 Å². The zero-order chi connectivity index (χ0) is 6.85. The smallest absolute Gasteiger partial charge is 0.0794 e. The Labute approximate surface area is 60.2 Å². The number of likely N-dealkylation sites (tertiary alicyclic amines) is 1. The van der Waals surface area contributed by atoms with Gasteiger partial charge < -0.3 is 5.11 Å². The molecular formula is C6H13NOS. The average Bonchev–Trinajstić information content (AvgIpc) is 1.79. The van der Waals surface area contributed by atoms with E-state index < -0.39 is 0 Å². The highest BCUT2D eigenvalue weighted by Crippen LogP contribution is 2.18. The summed E-state index contributed by atoms with van der Waals surface area (Å²) in [4.78, 5) is 2.26. The summed E-state index contributed by atoms with van der Waals surface area (Å²) >= 11 is 1.83. The molecule has 0 aromatic carbocycles. The summed E-state index contributed by atoms with van der Waals surface area (Å²) < 4.78 is 0. The maximum absolute atomic E-state index is 8.91. The summed E-state index contributed by atoms with van der Waals surface area (Å²) in [5.74, 6) is 0. The molecule has 1 rings (SSSR count). The van der Waals surface area contributed by atoms with Crippen LogP contribution in [-0.2, 0) is 0 Å². The van der Waals surface area contributed by atoms with Gasteiger partial charge in [0.25, 0.3) is 0 Å². The molecule has 3 heteroatoms. The molecule has 1 heterocycles. The van der Waals surface area contributed by atoms with E-state index in [1.54, 1.807) is 0 Å². The molecule has 1 atom stereocenters. The van der Waals surface area contributed by atoms with Crippen molar-refractivity contribution < 1.29 is 5.11 Å². The zero-order valence-electron chi connectivity index (χ0n) is 5.87. The molecule has 0 aliphatic carbocycles. The Kier molecular flexibility index (Phi) is 2.38. The fraction of sp³-hybridized carbons (Fsp3) is 1.00. The minimum absolute atomic E-state index is 0.0559. The molecule has 1 N–H and O–H groups in total. The Bertz CT molecular complexity index is 93.1. The molecule has 9 heavy (non-hydrogen) atoms. The van der Waals surface area contributed by atoms with Gasteiger partial charge in [0.2, 0.25) is 0 Å². The SMILES string of the molecule is CSC(C)N1CC(O)C1. The van der Waals surface area contributed by atoms with E-state index in [9.17, 15) is 0 Å². The average molecular weight is 147 g/mol. The van der Waals surface area contributed by atoms with Crippen molar-refractivity contribution in [3.63, 3.8) is 0 Å². The van der Waals surface area contributed by atoms with Crippen LogP contribution in [0.2, 0.25) is 0 Å². The van der Waals surface area contributed by atoms with Crippen LogP contribution in [0.4, 0.5) is 0 Å². The molecule has 0 radical (unpaired) electrons. The largest absolute Gasteiger partial charge is 0.390 e. The normalized spacial score (nSPS) is 25.7. The molecule has 0 aromatic heterocycles. The molecular weight excluding hydrogens is 134 g/mol. The lowest BCUT2D eigenvalue weighted by molar-refractivity contribution is -0.00143. The van der Waals surface area contributed by atoms with Gasteiger partial charge in [0.15, 0.2) is 0 Å². The topological polar surface area (TPSA) is 23.5 Å². The van der Waals surface area contributed by atoms with Crippen LogP contribution in [0.5, 0.6) is 0 Å². The van der Waals surface area contributed by atoms with Crippen LogP contribution in [0.15, 0.2) is 0 Å². The van der Waals surface area contributed by atoms with Gasteiger partial charge in [0.05, 0.1) is 11.5 Å². The van der Waals surface area contributed by atoms with Crippen LogP contribution in [0.3, 0.4) is 0 Å². The highest BCUT2D eigenvalue weighted by atomic mass is 32.2. The minimum Gasteiger partial charge on any atom is -0.390 e. The predicted octanol–water partition coefficient (Wildman–Crippen LogP) is 0.372. The number of thioether (sulfide) groups is 1. The Morgan fingerprint density at radius 3 is 2.56 bits per heavy atom. The third kappa shape index (κ3) is 1.60. The van der Waals surface area contributed by atoms with Crippen LogP contribution in [-0.4, -0.2) is 40.8 Å². The molecule has 2 nitrogen and oxygen atoms in total. The van der Waals surface area contributed by atoms with E-state index in [0.29, 0.717) is 5.37 Å². The highest BCUT2D eigenvalue weighted by molar-refractivity contribution is 7.99. The number of aliphatic hydroxyl groups excluding tert-OH is 1. The fourth-order valence-electron chi connectivity index (χ4n) is 0.934. The molecule has 54 valence electrons. The van der Waals surface area contributed by atoms with E-state index in [1.165, 1.54) is 0 Å². The van der Waals surface area contributed by atoms with Gasteiger partial charge in [-0.25, -0.2) is 0 Å². The van der Waals surface area contributed by atoms with Crippen molar-refractivity contribution in [1.29, 1.82) is 0 Å². The molecule has 1 unspecified atom stereocenters. The first-order valence-electron chi connectivity index (χ1n) is 3.19. The lowest BCUT2D eigenvalue weighted by atomic mass is 10.2. The summed E-state index contributed by atoms with van der Waals surface area (Å²) in [5.41, 5.74) is 0. The summed E-state index contributed by atoms with van der Waals surface area (Å²) in [7, 11) is 0. The van der Waals surface area contributed by atoms with E-state index in [-0.39, 0.29) is 6.10 Å². The van der Waals surface area contributed by atoms with Crippen LogP contribution < -0.4 is 0 Å². The molecule has 0 amide bonds. The predicted molar refractivity (Wildman–Crippen MR) is 40.6 cm³/mol. The fourth-order valence-corrected chi connectivity index (χ4v) is 1.40. The van der Waals surface area contributed by atoms with Crippen molar-refractivity contribution >= 4 is 11.8 Å². The van der Waals surface area contributed by atoms with Crippen molar-refractivity contribution in [2.75, 3.05) is 19.3 Å². The van der Waals surface area contributed by atoms with Gasteiger partial charge in [0.1, 0.15) is 0 Å². The second kappa shape index (κ2) is 2.90. The second-order valence-electron chi connectivity index (χ2n) is 2.44. The number of β-amino-alcohol motifs (C(OH)–C–C–N with tert-alkyl or cyclic N) is 1. The van der Waals surface area contributed by atoms with Crippen molar-refractivity contribution in [3.05, 3.63) is 0 Å². The zero-order valence-corrected chi connectivity index (χ0v) is 6.69. The quantitative estimate of drug-likeness (QED) is 0.610. The molecule has 1 saturated heterocycles. The number of aliphatic hydroxyl groups is 1. The minimum atomic E-state index is -0.0559. The number of hydrogen-bond acceptors (Lipinski definition) is 3. The molecule has 0 bridgehead atoms. The second-order valence-corrected chi connectivity index (χ2v) is 3.60. The lowest BCUT2D eigenvalue weighted by Gasteiger charge is -2.39. The van der Waals surface area contributed by atoms with Crippen LogP contribution in [0, 0.1) is 0 Å². The first-order valence-corrected chi connectivity index (χ1v) is 4.47. The van der Waals surface area contributed by atoms with E-state index >= 15 is 0 Å². The monoisotopic (exact) mass is 147 g/mol. The maximum atomic E-state index is 8.91. The van der Waals surface area contributed by atoms with Gasteiger partial charge in [-0.05, 0) is 13.2 Å². The van der Waals surface area contributed by atoms with E-state index in [2.05, 4.69) is 18.1 Å². The van der Waals surface area contributed by atoms with Crippen LogP contribution >= 0.6 is 11.8 Å². The Morgan fingerprint density at radius 1 is 1.67 bits per heavy atom. The van der Waals surface area contributed by atoms with Gasteiger partial charge in [-0.3, -0.25) is 4.90 Å². The molecule has 0 aromatic rings. The van der Waals surface area contributed by atoms with Gasteiger partial charge in [-0.1, -0.05) is 0 Å². The number of hydrogen-bond donors (Lipinski definition) is 1. The molecule has 0 spiro atoms. The van der Waals surface area contributed by atoms with Gasteiger partial charge in [-0.2, -0.15) is 0 Å². The summed E-state index contributed by atoms with van der Waals surface area (Å²) in [6, 6.07) is 0. The van der Waals surface area contributed by atoms with Gasteiger partial charge >= 0.3 is 0 Å². The Balaban J connectivity index is 2.15. The van der Waals surface area contributed by atoms with E-state index in [4.69, 9.17) is 5.11 Å². The molecule has 1 aliphatic rings. The molecule has 1 aliphatic heterocycles. The van der Waals surface area contributed by atoms with Crippen molar-refractivity contribution in [2.45, 2.75) is 18.4 Å². The highest BCUT2D eigenvalue weighted by Gasteiger charge is 2.27. The van der Waals surface area contributed by atoms with Gasteiger partial charge in [-0.15, -0.1) is 11.8 Å². The maximum Gasteiger partial charge on any atom is 0.0794 e. The Morgan fingerprint density at radius 2 is 2.22 bits per heavy atom. The van der Waals surface area contributed by atoms with E-state index in [1.807, 2.05) is 11.8 Å². The number of rotatable bonds is 2. The standard InChI is InChI=1S/C6H13NOS/c1-5(9-2)7-3-6(8)4-7/h5-6,8H,3-4H2,1-2H3. The third-order valence-electron chi connectivity index (χ3n) is 1.75. The summed E-state index contributed by atoms with van der Waals surface area (Å²) in [6.07, 6.45) is 2.04. The summed E-state index contributed by atoms with van der Waals surface area (Å²) in [5, 5.41) is 9.49. The summed E-state index contributed by atoms with van der Waals surface area (Å²) in [6.45, 7) is 3.89. The van der Waals surface area contributed by atoms with Crippen molar-refractivity contribution in [3.8, 4) is 0 Å². The first-order chi connectivity index (χ1) is 4.24.